The van der Waals surface area contributed by atoms with E-state index in [0.29, 0.717) is 12.5 Å². The lowest BCUT2D eigenvalue weighted by molar-refractivity contribution is -0.141. The summed E-state index contributed by atoms with van der Waals surface area (Å²) in [7, 11) is 0. The van der Waals surface area contributed by atoms with Gasteiger partial charge in [0, 0.05) is 12.6 Å². The first kappa shape index (κ1) is 10.9. The molecule has 0 aliphatic heterocycles. The maximum absolute atomic E-state index is 10.8. The van der Waals surface area contributed by atoms with Crippen molar-refractivity contribution < 1.29 is 9.90 Å². The Balaban J connectivity index is 1.77. The van der Waals surface area contributed by atoms with Gasteiger partial charge in [0.2, 0.25) is 0 Å². The highest BCUT2D eigenvalue weighted by Gasteiger charge is 2.39. The Hall–Kier alpha value is -0.570. The number of nitrogens with one attached hydrogen (secondary N) is 1. The second-order valence-corrected chi connectivity index (χ2v) is 5.29. The predicted molar refractivity (Wildman–Crippen MR) is 58.8 cm³/mol. The van der Waals surface area contributed by atoms with Gasteiger partial charge in [-0.2, -0.15) is 0 Å². The fourth-order valence-electron chi connectivity index (χ4n) is 2.90. The zero-order chi connectivity index (χ0) is 10.7. The van der Waals surface area contributed by atoms with E-state index in [1.54, 1.807) is 0 Å². The number of carbonyl (C=O) groups is 1. The van der Waals surface area contributed by atoms with E-state index in [0.717, 1.165) is 19.4 Å². The number of hydrogen-bond acceptors (Lipinski definition) is 2. The number of hydrogen-bond donors (Lipinski definition) is 2. The van der Waals surface area contributed by atoms with Gasteiger partial charge in [0.05, 0.1) is 6.42 Å². The van der Waals surface area contributed by atoms with Crippen molar-refractivity contribution in [1.82, 2.24) is 5.32 Å². The molecule has 3 nitrogen and oxygen atoms in total. The molecule has 0 heterocycles. The summed E-state index contributed by atoms with van der Waals surface area (Å²) in [5, 5.41) is 12.4. The van der Waals surface area contributed by atoms with Gasteiger partial charge in [0.1, 0.15) is 0 Å². The summed E-state index contributed by atoms with van der Waals surface area (Å²) in [6.45, 7) is 0.921. The highest BCUT2D eigenvalue weighted by atomic mass is 16.4. The van der Waals surface area contributed by atoms with E-state index in [1.807, 2.05) is 0 Å². The largest absolute Gasteiger partial charge is 0.481 e. The molecule has 2 fully saturated rings. The van der Waals surface area contributed by atoms with Gasteiger partial charge in [0.25, 0.3) is 0 Å². The number of carboxylic acid groups (broad SMARTS) is 1. The Labute approximate surface area is 91.2 Å². The Morgan fingerprint density at radius 2 is 1.93 bits per heavy atom. The molecule has 15 heavy (non-hydrogen) atoms. The summed E-state index contributed by atoms with van der Waals surface area (Å²) in [4.78, 5) is 10.8. The Morgan fingerprint density at radius 3 is 2.40 bits per heavy atom. The minimum Gasteiger partial charge on any atom is -0.481 e. The Kier molecular flexibility index (Phi) is 3.29. The van der Waals surface area contributed by atoms with Crippen LogP contribution in [0.25, 0.3) is 0 Å². The zero-order valence-electron chi connectivity index (χ0n) is 9.30. The molecule has 2 N–H and O–H groups in total. The van der Waals surface area contributed by atoms with Crippen LogP contribution in [0.1, 0.15) is 51.4 Å². The fourth-order valence-corrected chi connectivity index (χ4v) is 2.90. The second-order valence-electron chi connectivity index (χ2n) is 5.29. The average Bonchev–Trinajstić information content (AvgIpc) is 2.61. The van der Waals surface area contributed by atoms with Gasteiger partial charge >= 0.3 is 5.97 Å². The van der Waals surface area contributed by atoms with Crippen molar-refractivity contribution in [3.05, 3.63) is 0 Å². The third-order valence-electron chi connectivity index (χ3n) is 4.06. The summed E-state index contributed by atoms with van der Waals surface area (Å²) in [6.07, 6.45) is 8.99. The highest BCUT2D eigenvalue weighted by molar-refractivity contribution is 5.68. The second kappa shape index (κ2) is 4.52. The first-order valence-electron chi connectivity index (χ1n) is 6.15. The lowest BCUT2D eigenvalue weighted by Gasteiger charge is -2.41. The van der Waals surface area contributed by atoms with E-state index in [-0.39, 0.29) is 5.41 Å². The van der Waals surface area contributed by atoms with Gasteiger partial charge in [0.15, 0.2) is 0 Å². The molecule has 0 radical (unpaired) electrons. The first-order valence-corrected chi connectivity index (χ1v) is 6.15. The number of aliphatic carboxylic acids is 1. The Morgan fingerprint density at radius 1 is 1.27 bits per heavy atom. The van der Waals surface area contributed by atoms with E-state index < -0.39 is 5.97 Å². The smallest absolute Gasteiger partial charge is 0.303 e. The van der Waals surface area contributed by atoms with Crippen molar-refractivity contribution >= 4 is 5.97 Å². The zero-order valence-corrected chi connectivity index (χ0v) is 9.30. The molecule has 86 valence electrons. The summed E-state index contributed by atoms with van der Waals surface area (Å²) < 4.78 is 0. The molecule has 3 heteroatoms. The highest BCUT2D eigenvalue weighted by Crippen LogP contribution is 2.43. The lowest BCUT2D eigenvalue weighted by Crippen LogP contribution is -2.44. The summed E-state index contributed by atoms with van der Waals surface area (Å²) in [5.74, 6) is -0.636. The van der Waals surface area contributed by atoms with Crippen LogP contribution in [0.5, 0.6) is 0 Å². The van der Waals surface area contributed by atoms with Crippen LogP contribution in [-0.2, 0) is 4.79 Å². The van der Waals surface area contributed by atoms with Crippen LogP contribution in [0.4, 0.5) is 0 Å². The molecule has 0 amide bonds. The van der Waals surface area contributed by atoms with Crippen LogP contribution < -0.4 is 5.32 Å². The molecular formula is C12H21NO2. The molecule has 0 aromatic heterocycles. The molecule has 0 spiro atoms. The SMILES string of the molecule is O=C(O)CC1(CNC2CCCC2)CCC1. The van der Waals surface area contributed by atoms with Gasteiger partial charge in [-0.15, -0.1) is 0 Å². The van der Waals surface area contributed by atoms with Gasteiger partial charge in [-0.1, -0.05) is 19.3 Å². The van der Waals surface area contributed by atoms with Crippen molar-refractivity contribution in [1.29, 1.82) is 0 Å². The predicted octanol–water partition coefficient (Wildman–Crippen LogP) is 2.16. The molecule has 0 aromatic carbocycles. The maximum Gasteiger partial charge on any atom is 0.303 e. The van der Waals surface area contributed by atoms with Crippen molar-refractivity contribution in [3.63, 3.8) is 0 Å². The van der Waals surface area contributed by atoms with E-state index in [4.69, 9.17) is 5.11 Å². The monoisotopic (exact) mass is 211 g/mol. The van der Waals surface area contributed by atoms with Crippen LogP contribution in [0.2, 0.25) is 0 Å². The lowest BCUT2D eigenvalue weighted by atomic mass is 9.66. The number of rotatable bonds is 5. The topological polar surface area (TPSA) is 49.3 Å². The Bertz CT molecular complexity index is 230. The standard InChI is InChI=1S/C12H21NO2/c14-11(15)8-12(6-3-7-12)9-13-10-4-1-2-5-10/h10,13H,1-9H2,(H,14,15). The van der Waals surface area contributed by atoms with Gasteiger partial charge < -0.3 is 10.4 Å². The minimum absolute atomic E-state index is 0.0917. The fraction of sp³-hybridized carbons (Fsp3) is 0.917. The normalized spacial score (nSPS) is 25.1. The van der Waals surface area contributed by atoms with Gasteiger partial charge in [-0.3, -0.25) is 4.79 Å². The van der Waals surface area contributed by atoms with Crippen LogP contribution in [0.15, 0.2) is 0 Å². The van der Waals surface area contributed by atoms with Crippen molar-refractivity contribution in [3.8, 4) is 0 Å². The van der Waals surface area contributed by atoms with E-state index in [2.05, 4.69) is 5.32 Å². The summed E-state index contributed by atoms with van der Waals surface area (Å²) >= 11 is 0. The molecule has 0 aromatic rings. The maximum atomic E-state index is 10.8. The molecule has 0 saturated heterocycles. The van der Waals surface area contributed by atoms with Crippen molar-refractivity contribution in [2.45, 2.75) is 57.4 Å². The van der Waals surface area contributed by atoms with E-state index in [9.17, 15) is 4.79 Å². The molecule has 2 aliphatic rings. The van der Waals surface area contributed by atoms with Gasteiger partial charge in [-0.25, -0.2) is 0 Å². The molecule has 0 unspecified atom stereocenters. The van der Waals surface area contributed by atoms with Crippen molar-refractivity contribution in [2.24, 2.45) is 5.41 Å². The number of carboxylic acids is 1. The molecule has 2 rings (SSSR count). The van der Waals surface area contributed by atoms with Crippen LogP contribution >= 0.6 is 0 Å². The molecule has 2 saturated carbocycles. The van der Waals surface area contributed by atoms with Crippen LogP contribution in [0.3, 0.4) is 0 Å². The van der Waals surface area contributed by atoms with Gasteiger partial charge in [-0.05, 0) is 31.1 Å². The van der Waals surface area contributed by atoms with Crippen molar-refractivity contribution in [2.75, 3.05) is 6.54 Å². The molecule has 0 bridgehead atoms. The molecule has 0 atom stereocenters. The summed E-state index contributed by atoms with van der Waals surface area (Å²) in [5.41, 5.74) is 0.0917. The van der Waals surface area contributed by atoms with Crippen LogP contribution in [-0.4, -0.2) is 23.7 Å². The molecular weight excluding hydrogens is 190 g/mol. The van der Waals surface area contributed by atoms with E-state index >= 15 is 0 Å². The third kappa shape index (κ3) is 2.71. The van der Waals surface area contributed by atoms with E-state index in [1.165, 1.54) is 32.1 Å². The summed E-state index contributed by atoms with van der Waals surface area (Å²) in [6, 6.07) is 0.663. The minimum atomic E-state index is -0.636. The average molecular weight is 211 g/mol. The quantitative estimate of drug-likeness (QED) is 0.732. The van der Waals surface area contributed by atoms with Crippen LogP contribution in [0, 0.1) is 5.41 Å². The first-order chi connectivity index (χ1) is 7.20. The third-order valence-corrected chi connectivity index (χ3v) is 4.06. The molecule has 2 aliphatic carbocycles.